The first kappa shape index (κ1) is 17.0. The van der Waals surface area contributed by atoms with Crippen LogP contribution >= 0.6 is 27.5 Å². The summed E-state index contributed by atoms with van der Waals surface area (Å²) in [5, 5.41) is 12.1. The SMILES string of the molecule is CCn1ncc(Br)c1C(=O)NCCCn1nc(C)c(Cl)c1C. The lowest BCUT2D eigenvalue weighted by Crippen LogP contribution is -2.28. The highest BCUT2D eigenvalue weighted by molar-refractivity contribution is 9.10. The van der Waals surface area contributed by atoms with Gasteiger partial charge in [0.15, 0.2) is 0 Å². The van der Waals surface area contributed by atoms with Crippen LogP contribution in [0.15, 0.2) is 10.7 Å². The van der Waals surface area contributed by atoms with Crippen molar-refractivity contribution in [1.29, 1.82) is 0 Å². The van der Waals surface area contributed by atoms with E-state index in [9.17, 15) is 4.79 Å². The lowest BCUT2D eigenvalue weighted by atomic mass is 10.3. The van der Waals surface area contributed by atoms with Gasteiger partial charge >= 0.3 is 0 Å². The molecule has 0 aliphatic carbocycles. The van der Waals surface area contributed by atoms with Crippen LogP contribution in [0.1, 0.15) is 35.2 Å². The lowest BCUT2D eigenvalue weighted by Gasteiger charge is -2.08. The van der Waals surface area contributed by atoms with Crippen molar-refractivity contribution in [2.45, 2.75) is 40.3 Å². The summed E-state index contributed by atoms with van der Waals surface area (Å²) >= 11 is 9.46. The van der Waals surface area contributed by atoms with E-state index in [0.29, 0.717) is 34.8 Å². The molecule has 0 spiro atoms. The molecular weight excluding hydrogens is 370 g/mol. The summed E-state index contributed by atoms with van der Waals surface area (Å²) in [5.41, 5.74) is 2.34. The molecule has 0 unspecified atom stereocenters. The monoisotopic (exact) mass is 387 g/mol. The molecule has 2 aromatic rings. The topological polar surface area (TPSA) is 64.7 Å². The van der Waals surface area contributed by atoms with E-state index in [1.165, 1.54) is 0 Å². The molecule has 2 aromatic heterocycles. The number of rotatable bonds is 6. The van der Waals surface area contributed by atoms with Gasteiger partial charge in [0, 0.05) is 19.6 Å². The lowest BCUT2D eigenvalue weighted by molar-refractivity contribution is 0.0941. The van der Waals surface area contributed by atoms with Crippen LogP contribution in [-0.4, -0.2) is 32.0 Å². The Morgan fingerprint density at radius 1 is 1.41 bits per heavy atom. The fourth-order valence-electron chi connectivity index (χ4n) is 2.24. The van der Waals surface area contributed by atoms with E-state index in [0.717, 1.165) is 17.8 Å². The van der Waals surface area contributed by atoms with E-state index in [1.807, 2.05) is 25.5 Å². The first-order valence-corrected chi connectivity index (χ1v) is 8.31. The standard InChI is InChI=1S/C14H19BrClN5O/c1-4-20-13(11(15)8-18-20)14(22)17-6-5-7-21-10(3)12(16)9(2)19-21/h8H,4-7H2,1-3H3,(H,17,22). The summed E-state index contributed by atoms with van der Waals surface area (Å²) in [6.45, 7) is 7.71. The summed E-state index contributed by atoms with van der Waals surface area (Å²) < 4.78 is 4.24. The van der Waals surface area contributed by atoms with Crippen molar-refractivity contribution in [1.82, 2.24) is 24.9 Å². The zero-order valence-electron chi connectivity index (χ0n) is 12.9. The van der Waals surface area contributed by atoms with Crippen LogP contribution in [-0.2, 0) is 13.1 Å². The van der Waals surface area contributed by atoms with Crippen molar-refractivity contribution in [2.24, 2.45) is 0 Å². The van der Waals surface area contributed by atoms with Gasteiger partial charge in [0.1, 0.15) is 5.69 Å². The van der Waals surface area contributed by atoms with Crippen molar-refractivity contribution in [2.75, 3.05) is 6.54 Å². The van der Waals surface area contributed by atoms with Crippen LogP contribution < -0.4 is 5.32 Å². The molecule has 6 nitrogen and oxygen atoms in total. The van der Waals surface area contributed by atoms with Gasteiger partial charge in [0.2, 0.25) is 0 Å². The minimum Gasteiger partial charge on any atom is -0.351 e. The minimum atomic E-state index is -0.127. The highest BCUT2D eigenvalue weighted by Crippen LogP contribution is 2.19. The van der Waals surface area contributed by atoms with Crippen molar-refractivity contribution in [3.63, 3.8) is 0 Å². The molecule has 1 N–H and O–H groups in total. The van der Waals surface area contributed by atoms with Gasteiger partial charge in [0.25, 0.3) is 5.91 Å². The molecule has 0 saturated carbocycles. The number of carbonyl (C=O) groups is 1. The molecule has 0 atom stereocenters. The second-order valence-electron chi connectivity index (χ2n) is 4.97. The number of aryl methyl sites for hydroxylation is 3. The quantitative estimate of drug-likeness (QED) is 0.774. The van der Waals surface area contributed by atoms with E-state index in [1.54, 1.807) is 10.9 Å². The zero-order valence-corrected chi connectivity index (χ0v) is 15.2. The van der Waals surface area contributed by atoms with Gasteiger partial charge in [-0.05, 0) is 43.1 Å². The molecule has 0 fully saturated rings. The van der Waals surface area contributed by atoms with E-state index < -0.39 is 0 Å². The first-order valence-electron chi connectivity index (χ1n) is 7.14. The smallest absolute Gasteiger partial charge is 0.270 e. The highest BCUT2D eigenvalue weighted by atomic mass is 79.9. The van der Waals surface area contributed by atoms with Crippen LogP contribution in [0, 0.1) is 13.8 Å². The summed E-state index contributed by atoms with van der Waals surface area (Å²) in [6, 6.07) is 0. The number of nitrogens with zero attached hydrogens (tertiary/aromatic N) is 4. The molecule has 120 valence electrons. The number of carbonyl (C=O) groups excluding carboxylic acids is 1. The number of halogens is 2. The van der Waals surface area contributed by atoms with Crippen LogP contribution in [0.3, 0.4) is 0 Å². The molecule has 0 aliphatic heterocycles. The zero-order chi connectivity index (χ0) is 16.3. The largest absolute Gasteiger partial charge is 0.351 e. The second kappa shape index (κ2) is 7.28. The highest BCUT2D eigenvalue weighted by Gasteiger charge is 2.16. The third kappa shape index (κ3) is 3.52. The maximum atomic E-state index is 12.2. The fourth-order valence-corrected chi connectivity index (χ4v) is 2.85. The van der Waals surface area contributed by atoms with E-state index >= 15 is 0 Å². The summed E-state index contributed by atoms with van der Waals surface area (Å²) in [5.74, 6) is -0.127. The van der Waals surface area contributed by atoms with Gasteiger partial charge in [-0.2, -0.15) is 10.2 Å². The number of aromatic nitrogens is 4. The van der Waals surface area contributed by atoms with E-state index in [2.05, 4.69) is 31.4 Å². The first-order chi connectivity index (χ1) is 10.5. The van der Waals surface area contributed by atoms with Crippen molar-refractivity contribution in [3.8, 4) is 0 Å². The summed E-state index contributed by atoms with van der Waals surface area (Å²) in [6.07, 6.45) is 2.41. The third-order valence-electron chi connectivity index (χ3n) is 3.43. The molecule has 0 bridgehead atoms. The van der Waals surface area contributed by atoms with Crippen molar-refractivity contribution < 1.29 is 4.79 Å². The number of hydrogen-bond donors (Lipinski definition) is 1. The predicted molar refractivity (Wildman–Crippen MR) is 89.3 cm³/mol. The van der Waals surface area contributed by atoms with Crippen LogP contribution in [0.5, 0.6) is 0 Å². The maximum Gasteiger partial charge on any atom is 0.270 e. The molecule has 2 heterocycles. The molecule has 0 saturated heterocycles. The Hall–Kier alpha value is -1.34. The molecule has 8 heteroatoms. The number of hydrogen-bond acceptors (Lipinski definition) is 3. The maximum absolute atomic E-state index is 12.2. The van der Waals surface area contributed by atoms with Gasteiger partial charge in [-0.3, -0.25) is 14.2 Å². The normalized spacial score (nSPS) is 11.0. The Labute approximate surface area is 143 Å². The Bertz CT molecular complexity index is 679. The fraction of sp³-hybridized carbons (Fsp3) is 0.500. The third-order valence-corrected chi connectivity index (χ3v) is 4.56. The van der Waals surface area contributed by atoms with Gasteiger partial charge in [0.05, 0.1) is 27.1 Å². The number of amides is 1. The molecule has 2 rings (SSSR count). The van der Waals surface area contributed by atoms with Crippen LogP contribution in [0.4, 0.5) is 0 Å². The molecule has 1 amide bonds. The Morgan fingerprint density at radius 3 is 2.73 bits per heavy atom. The molecule has 0 aromatic carbocycles. The van der Waals surface area contributed by atoms with Crippen molar-refractivity contribution >= 4 is 33.4 Å². The van der Waals surface area contributed by atoms with E-state index in [-0.39, 0.29) is 5.91 Å². The number of nitrogens with one attached hydrogen (secondary N) is 1. The van der Waals surface area contributed by atoms with Gasteiger partial charge < -0.3 is 5.32 Å². The Balaban J connectivity index is 1.87. The van der Waals surface area contributed by atoms with E-state index in [4.69, 9.17) is 11.6 Å². The second-order valence-corrected chi connectivity index (χ2v) is 6.21. The summed E-state index contributed by atoms with van der Waals surface area (Å²) in [7, 11) is 0. The Kier molecular flexibility index (Phi) is 5.63. The van der Waals surface area contributed by atoms with Crippen LogP contribution in [0.25, 0.3) is 0 Å². The van der Waals surface area contributed by atoms with Gasteiger partial charge in [-0.25, -0.2) is 0 Å². The van der Waals surface area contributed by atoms with Crippen LogP contribution in [0.2, 0.25) is 5.02 Å². The Morgan fingerprint density at radius 2 is 2.14 bits per heavy atom. The average molecular weight is 389 g/mol. The van der Waals surface area contributed by atoms with Gasteiger partial charge in [-0.1, -0.05) is 11.6 Å². The molecule has 22 heavy (non-hydrogen) atoms. The molecule has 0 radical (unpaired) electrons. The minimum absolute atomic E-state index is 0.127. The molecule has 0 aliphatic rings. The average Bonchev–Trinajstić information content (AvgIpc) is 2.99. The molecular formula is C14H19BrClN5O. The summed E-state index contributed by atoms with van der Waals surface area (Å²) in [4.78, 5) is 12.2. The van der Waals surface area contributed by atoms with Crippen molar-refractivity contribution in [3.05, 3.63) is 32.8 Å². The van der Waals surface area contributed by atoms with Gasteiger partial charge in [-0.15, -0.1) is 0 Å². The predicted octanol–water partition coefficient (Wildman–Crippen LogP) is 2.95.